The summed E-state index contributed by atoms with van der Waals surface area (Å²) in [5, 5.41) is 11.0. The number of carbonyl (C=O) groups excluding carboxylic acids is 1. The number of hydrogen-bond acceptors (Lipinski definition) is 5. The number of nitrogens with two attached hydrogens (primary N) is 1. The predicted octanol–water partition coefficient (Wildman–Crippen LogP) is 1.82. The van der Waals surface area contributed by atoms with Crippen LogP contribution in [-0.4, -0.2) is 36.9 Å². The molecule has 110 valence electrons. The number of ether oxygens (including phenoxy) is 1. The lowest BCUT2D eigenvalue weighted by atomic mass is 9.88. The Labute approximate surface area is 123 Å². The Bertz CT molecular complexity index is 499. The number of rotatable bonds is 3. The van der Waals surface area contributed by atoms with Crippen molar-refractivity contribution in [2.24, 2.45) is 0 Å². The van der Waals surface area contributed by atoms with Crippen LogP contribution in [0.2, 0.25) is 5.02 Å². The van der Waals surface area contributed by atoms with Crippen LogP contribution >= 0.6 is 11.6 Å². The fourth-order valence-electron chi connectivity index (χ4n) is 2.46. The van der Waals surface area contributed by atoms with E-state index in [1.165, 1.54) is 7.11 Å². The molecule has 6 heteroatoms. The van der Waals surface area contributed by atoms with Gasteiger partial charge in [0.2, 0.25) is 0 Å². The van der Waals surface area contributed by atoms with Gasteiger partial charge in [0.05, 0.1) is 29.8 Å². The molecule has 1 aliphatic rings. The molecule has 0 spiro atoms. The topological polar surface area (TPSA) is 75.8 Å². The molecule has 3 N–H and O–H groups in total. The number of benzene rings is 1. The number of nitrogen functional groups attached to an aromatic ring is 1. The highest BCUT2D eigenvalue weighted by atomic mass is 35.5. The van der Waals surface area contributed by atoms with Crippen LogP contribution in [0.4, 0.5) is 11.4 Å². The van der Waals surface area contributed by atoms with Crippen molar-refractivity contribution in [3.8, 4) is 0 Å². The number of methoxy groups -OCH3 is 1. The van der Waals surface area contributed by atoms with Crippen LogP contribution in [0.15, 0.2) is 18.2 Å². The van der Waals surface area contributed by atoms with Crippen LogP contribution in [-0.2, 0) is 9.53 Å². The number of nitrogens with zero attached hydrogens (tertiary/aromatic N) is 1. The molecular weight excluding hydrogens is 280 g/mol. The number of piperidine rings is 1. The second kappa shape index (κ2) is 5.89. The summed E-state index contributed by atoms with van der Waals surface area (Å²) < 4.78 is 4.61. The first kappa shape index (κ1) is 14.9. The Hall–Kier alpha value is -1.46. The summed E-state index contributed by atoms with van der Waals surface area (Å²) in [6.07, 6.45) is 1.04. The highest BCUT2D eigenvalue weighted by Crippen LogP contribution is 2.33. The number of hydrogen-bond donors (Lipinski definition) is 2. The number of aliphatic hydroxyl groups is 1. The van der Waals surface area contributed by atoms with Crippen molar-refractivity contribution >= 4 is 28.9 Å². The van der Waals surface area contributed by atoms with E-state index in [-0.39, 0.29) is 12.4 Å². The van der Waals surface area contributed by atoms with Gasteiger partial charge in [-0.25, -0.2) is 0 Å². The summed E-state index contributed by atoms with van der Waals surface area (Å²) >= 11 is 6.18. The van der Waals surface area contributed by atoms with Crippen molar-refractivity contribution in [2.45, 2.75) is 24.9 Å². The van der Waals surface area contributed by atoms with Gasteiger partial charge < -0.3 is 20.5 Å². The first-order chi connectivity index (χ1) is 9.43. The molecule has 1 aliphatic heterocycles. The summed E-state index contributed by atoms with van der Waals surface area (Å²) in [5.74, 6) is -0.383. The average molecular weight is 299 g/mol. The van der Waals surface area contributed by atoms with E-state index in [0.29, 0.717) is 36.6 Å². The summed E-state index contributed by atoms with van der Waals surface area (Å²) in [7, 11) is 1.33. The molecule has 5 nitrogen and oxygen atoms in total. The van der Waals surface area contributed by atoms with E-state index in [0.717, 1.165) is 5.69 Å². The third kappa shape index (κ3) is 3.35. The summed E-state index contributed by atoms with van der Waals surface area (Å²) in [6, 6.07) is 5.39. The minimum atomic E-state index is -0.982. The standard InChI is InChI=1S/C14H19ClN2O3/c1-20-13(18)9-14(19)4-6-17(7-5-14)12-3-2-10(16)8-11(12)15/h2-3,8,19H,4-7,9,16H2,1H3. The minimum Gasteiger partial charge on any atom is -0.469 e. The quantitative estimate of drug-likeness (QED) is 0.657. The maximum Gasteiger partial charge on any atom is 0.308 e. The molecule has 0 atom stereocenters. The van der Waals surface area contributed by atoms with Gasteiger partial charge in [-0.3, -0.25) is 4.79 Å². The van der Waals surface area contributed by atoms with Crippen molar-refractivity contribution in [3.63, 3.8) is 0 Å². The molecule has 0 aromatic heterocycles. The molecular formula is C14H19ClN2O3. The number of halogens is 1. The zero-order chi connectivity index (χ0) is 14.8. The van der Waals surface area contributed by atoms with Crippen molar-refractivity contribution in [2.75, 3.05) is 30.8 Å². The van der Waals surface area contributed by atoms with E-state index in [2.05, 4.69) is 9.64 Å². The third-order valence-corrected chi connectivity index (χ3v) is 4.01. The van der Waals surface area contributed by atoms with Crippen LogP contribution < -0.4 is 10.6 Å². The molecule has 0 radical (unpaired) electrons. The maximum atomic E-state index is 11.3. The summed E-state index contributed by atoms with van der Waals surface area (Å²) in [6.45, 7) is 1.27. The predicted molar refractivity (Wildman–Crippen MR) is 78.9 cm³/mol. The van der Waals surface area contributed by atoms with E-state index in [4.69, 9.17) is 17.3 Å². The van der Waals surface area contributed by atoms with Crippen molar-refractivity contribution in [1.82, 2.24) is 0 Å². The number of esters is 1. The van der Waals surface area contributed by atoms with Gasteiger partial charge in [0.1, 0.15) is 0 Å². The van der Waals surface area contributed by atoms with Gasteiger partial charge >= 0.3 is 5.97 Å². The fraction of sp³-hybridized carbons (Fsp3) is 0.500. The largest absolute Gasteiger partial charge is 0.469 e. The van der Waals surface area contributed by atoms with E-state index in [9.17, 15) is 9.90 Å². The zero-order valence-electron chi connectivity index (χ0n) is 11.4. The molecule has 0 saturated carbocycles. The van der Waals surface area contributed by atoms with Crippen LogP contribution in [0.5, 0.6) is 0 Å². The van der Waals surface area contributed by atoms with Crippen LogP contribution in [0.1, 0.15) is 19.3 Å². The highest BCUT2D eigenvalue weighted by molar-refractivity contribution is 6.33. The van der Waals surface area contributed by atoms with Crippen LogP contribution in [0.25, 0.3) is 0 Å². The molecule has 1 fully saturated rings. The lowest BCUT2D eigenvalue weighted by molar-refractivity contribution is -0.147. The molecule has 1 aromatic carbocycles. The molecule has 1 saturated heterocycles. The molecule has 1 aromatic rings. The van der Waals surface area contributed by atoms with Crippen LogP contribution in [0.3, 0.4) is 0 Å². The fourth-order valence-corrected chi connectivity index (χ4v) is 2.77. The van der Waals surface area contributed by atoms with Gasteiger partial charge in [0.15, 0.2) is 0 Å². The Balaban J connectivity index is 2.02. The molecule has 20 heavy (non-hydrogen) atoms. The minimum absolute atomic E-state index is 0.0345. The normalized spacial score (nSPS) is 17.9. The molecule has 0 unspecified atom stereocenters. The summed E-state index contributed by atoms with van der Waals surface area (Å²) in [4.78, 5) is 13.4. The second-order valence-corrected chi connectivity index (χ2v) is 5.58. The van der Waals surface area contributed by atoms with Crippen LogP contribution in [0, 0.1) is 0 Å². The molecule has 2 rings (SSSR count). The van der Waals surface area contributed by atoms with Gasteiger partial charge in [0, 0.05) is 18.8 Å². The molecule has 0 bridgehead atoms. The second-order valence-electron chi connectivity index (χ2n) is 5.18. The van der Waals surface area contributed by atoms with Crippen molar-refractivity contribution in [1.29, 1.82) is 0 Å². The zero-order valence-corrected chi connectivity index (χ0v) is 12.2. The van der Waals surface area contributed by atoms with Gasteiger partial charge in [-0.2, -0.15) is 0 Å². The Kier molecular flexibility index (Phi) is 4.40. The Morgan fingerprint density at radius 3 is 2.70 bits per heavy atom. The summed E-state index contributed by atoms with van der Waals surface area (Å²) in [5.41, 5.74) is 6.22. The third-order valence-electron chi connectivity index (χ3n) is 3.71. The van der Waals surface area contributed by atoms with Gasteiger partial charge in [-0.1, -0.05) is 11.6 Å². The SMILES string of the molecule is COC(=O)CC1(O)CCN(c2ccc(N)cc2Cl)CC1. The first-order valence-corrected chi connectivity index (χ1v) is 6.90. The van der Waals surface area contributed by atoms with Gasteiger partial charge in [-0.05, 0) is 31.0 Å². The molecule has 1 heterocycles. The highest BCUT2D eigenvalue weighted by Gasteiger charge is 2.35. The number of anilines is 2. The Morgan fingerprint density at radius 2 is 2.15 bits per heavy atom. The van der Waals surface area contributed by atoms with Crippen molar-refractivity contribution < 1.29 is 14.6 Å². The van der Waals surface area contributed by atoms with E-state index >= 15 is 0 Å². The Morgan fingerprint density at radius 1 is 1.50 bits per heavy atom. The smallest absolute Gasteiger partial charge is 0.308 e. The molecule has 0 aliphatic carbocycles. The van der Waals surface area contributed by atoms with E-state index in [1.54, 1.807) is 12.1 Å². The average Bonchev–Trinajstić information content (AvgIpc) is 2.40. The van der Waals surface area contributed by atoms with Crippen molar-refractivity contribution in [3.05, 3.63) is 23.2 Å². The lowest BCUT2D eigenvalue weighted by Crippen LogP contribution is -2.45. The first-order valence-electron chi connectivity index (χ1n) is 6.53. The monoisotopic (exact) mass is 298 g/mol. The van der Waals surface area contributed by atoms with E-state index < -0.39 is 5.60 Å². The maximum absolute atomic E-state index is 11.3. The van der Waals surface area contributed by atoms with Gasteiger partial charge in [0.25, 0.3) is 0 Å². The van der Waals surface area contributed by atoms with E-state index in [1.807, 2.05) is 6.07 Å². The lowest BCUT2D eigenvalue weighted by Gasteiger charge is -2.39. The molecule has 0 amide bonds. The van der Waals surface area contributed by atoms with Gasteiger partial charge in [-0.15, -0.1) is 0 Å². The number of carbonyl (C=O) groups is 1.